The molecule has 6 atom stereocenters. The number of amides is 2. The van der Waals surface area contributed by atoms with E-state index in [2.05, 4.69) is 5.32 Å². The zero-order chi connectivity index (χ0) is 21.5. The highest BCUT2D eigenvalue weighted by Crippen LogP contribution is 2.61. The van der Waals surface area contributed by atoms with E-state index in [1.54, 1.807) is 4.90 Å². The molecule has 1 N–H and O–H groups in total. The molecule has 8 heteroatoms. The predicted octanol–water partition coefficient (Wildman–Crippen LogP) is 2.95. The highest BCUT2D eigenvalue weighted by Gasteiger charge is 2.60. The second-order valence-electron chi connectivity index (χ2n) is 10.2. The number of nitrogens with one attached hydrogen (secondary N) is 1. The molecule has 0 aromatic heterocycles. The number of rotatable bonds is 5. The monoisotopic (exact) mass is 422 g/mol. The number of hydrogen-bond acceptors (Lipinski definition) is 6. The van der Waals surface area contributed by atoms with Crippen LogP contribution in [0.5, 0.6) is 0 Å². The number of nitrogens with zero attached hydrogens (tertiary/aromatic N) is 1. The number of alkyl carbamates (subject to hydrolysis) is 1. The quantitative estimate of drug-likeness (QED) is 0.541. The van der Waals surface area contributed by atoms with E-state index in [4.69, 9.17) is 14.2 Å². The van der Waals surface area contributed by atoms with Gasteiger partial charge in [0.1, 0.15) is 6.10 Å². The predicted molar refractivity (Wildman–Crippen MR) is 108 cm³/mol. The number of carbonyl (C=O) groups is 3. The Morgan fingerprint density at radius 1 is 1.13 bits per heavy atom. The Morgan fingerprint density at radius 2 is 1.83 bits per heavy atom. The van der Waals surface area contributed by atoms with Crippen molar-refractivity contribution < 1.29 is 28.6 Å². The van der Waals surface area contributed by atoms with Gasteiger partial charge in [-0.2, -0.15) is 0 Å². The number of methoxy groups -OCH3 is 1. The van der Waals surface area contributed by atoms with Crippen LogP contribution in [0.25, 0.3) is 0 Å². The third-order valence-electron chi connectivity index (χ3n) is 7.36. The van der Waals surface area contributed by atoms with Gasteiger partial charge in [-0.1, -0.05) is 13.8 Å². The summed E-state index contributed by atoms with van der Waals surface area (Å²) in [5, 5.41) is 2.84. The van der Waals surface area contributed by atoms with Crippen LogP contribution >= 0.6 is 0 Å². The highest BCUT2D eigenvalue weighted by molar-refractivity contribution is 5.77. The SMILES string of the molecule is COC(=O)C12CC3CC(C1)C(OC(=O)N1CCC(NC(=O)OCC(C)C)C1)[C@H](C3)C2. The van der Waals surface area contributed by atoms with Crippen LogP contribution in [0.4, 0.5) is 9.59 Å². The van der Waals surface area contributed by atoms with E-state index < -0.39 is 6.09 Å². The molecule has 4 saturated carbocycles. The van der Waals surface area contributed by atoms with Crippen molar-refractivity contribution in [1.29, 1.82) is 0 Å². The summed E-state index contributed by atoms with van der Waals surface area (Å²) in [5.74, 6) is 1.20. The summed E-state index contributed by atoms with van der Waals surface area (Å²) in [6.07, 6.45) is 4.33. The summed E-state index contributed by atoms with van der Waals surface area (Å²) in [4.78, 5) is 38.8. The highest BCUT2D eigenvalue weighted by atomic mass is 16.6. The van der Waals surface area contributed by atoms with Crippen LogP contribution in [0.2, 0.25) is 0 Å². The van der Waals surface area contributed by atoms with Crippen molar-refractivity contribution >= 4 is 18.2 Å². The van der Waals surface area contributed by atoms with Gasteiger partial charge in [0.15, 0.2) is 0 Å². The van der Waals surface area contributed by atoms with E-state index in [9.17, 15) is 14.4 Å². The molecule has 1 heterocycles. The maximum absolute atomic E-state index is 12.8. The molecular weight excluding hydrogens is 388 g/mol. The topological polar surface area (TPSA) is 94.2 Å². The molecule has 4 aliphatic carbocycles. The fraction of sp³-hybridized carbons (Fsp3) is 0.864. The summed E-state index contributed by atoms with van der Waals surface area (Å²) in [6, 6.07) is -0.113. The van der Waals surface area contributed by atoms with Crippen LogP contribution in [0.15, 0.2) is 0 Å². The molecule has 4 bridgehead atoms. The van der Waals surface area contributed by atoms with E-state index in [-0.39, 0.29) is 47.4 Å². The van der Waals surface area contributed by atoms with Gasteiger partial charge in [-0.05, 0) is 62.2 Å². The lowest BCUT2D eigenvalue weighted by atomic mass is 9.48. The molecule has 0 aromatic rings. The zero-order valence-corrected chi connectivity index (χ0v) is 18.2. The van der Waals surface area contributed by atoms with Crippen LogP contribution in [-0.4, -0.2) is 62.0 Å². The molecule has 5 fully saturated rings. The summed E-state index contributed by atoms with van der Waals surface area (Å²) >= 11 is 0. The number of ether oxygens (including phenoxy) is 3. The number of esters is 1. The molecule has 8 nitrogen and oxygen atoms in total. The second-order valence-corrected chi connectivity index (χ2v) is 10.2. The first-order valence-corrected chi connectivity index (χ1v) is 11.3. The van der Waals surface area contributed by atoms with Crippen LogP contribution in [0.3, 0.4) is 0 Å². The molecular formula is C22H34N2O6. The Hall–Kier alpha value is -1.99. The Balaban J connectivity index is 1.29. The van der Waals surface area contributed by atoms with Crippen molar-refractivity contribution in [2.24, 2.45) is 29.1 Å². The Labute approximate surface area is 178 Å². The van der Waals surface area contributed by atoms with Crippen molar-refractivity contribution in [3.63, 3.8) is 0 Å². The molecule has 0 spiro atoms. The van der Waals surface area contributed by atoms with Crippen molar-refractivity contribution in [1.82, 2.24) is 10.2 Å². The van der Waals surface area contributed by atoms with E-state index in [0.717, 1.165) is 32.1 Å². The molecule has 5 aliphatic rings. The zero-order valence-electron chi connectivity index (χ0n) is 18.2. The fourth-order valence-corrected chi connectivity index (χ4v) is 6.32. The van der Waals surface area contributed by atoms with Crippen molar-refractivity contribution in [3.05, 3.63) is 0 Å². The summed E-state index contributed by atoms with van der Waals surface area (Å²) in [7, 11) is 1.47. The van der Waals surface area contributed by atoms with Gasteiger partial charge in [-0.15, -0.1) is 0 Å². The van der Waals surface area contributed by atoms with Gasteiger partial charge < -0.3 is 24.4 Å². The Morgan fingerprint density at radius 3 is 2.47 bits per heavy atom. The number of carbonyl (C=O) groups excluding carboxylic acids is 3. The average Bonchev–Trinajstić information content (AvgIpc) is 3.16. The Kier molecular flexibility index (Phi) is 5.86. The molecule has 5 unspecified atom stereocenters. The lowest BCUT2D eigenvalue weighted by Crippen LogP contribution is -2.58. The minimum absolute atomic E-state index is 0.0931. The van der Waals surface area contributed by atoms with Gasteiger partial charge in [0.25, 0.3) is 0 Å². The fourth-order valence-electron chi connectivity index (χ4n) is 6.32. The third kappa shape index (κ3) is 4.10. The van der Waals surface area contributed by atoms with Crippen molar-refractivity contribution in [3.8, 4) is 0 Å². The minimum Gasteiger partial charge on any atom is -0.469 e. The molecule has 168 valence electrons. The van der Waals surface area contributed by atoms with Crippen molar-refractivity contribution in [2.75, 3.05) is 26.8 Å². The molecule has 0 aromatic carbocycles. The van der Waals surface area contributed by atoms with Crippen LogP contribution in [0.1, 0.15) is 52.4 Å². The van der Waals surface area contributed by atoms with E-state index in [1.807, 2.05) is 13.8 Å². The minimum atomic E-state index is -0.432. The van der Waals surface area contributed by atoms with Gasteiger partial charge >= 0.3 is 18.2 Å². The maximum atomic E-state index is 12.8. The van der Waals surface area contributed by atoms with Crippen LogP contribution in [0, 0.1) is 29.1 Å². The number of hydrogen-bond donors (Lipinski definition) is 1. The van der Waals surface area contributed by atoms with Crippen LogP contribution in [-0.2, 0) is 19.0 Å². The first-order chi connectivity index (χ1) is 14.3. The van der Waals surface area contributed by atoms with Crippen LogP contribution < -0.4 is 5.32 Å². The largest absolute Gasteiger partial charge is 0.469 e. The molecule has 2 amide bonds. The lowest BCUT2D eigenvalue weighted by molar-refractivity contribution is -0.182. The smallest absolute Gasteiger partial charge is 0.410 e. The Bertz CT molecular complexity index is 679. The normalized spacial score (nSPS) is 36.7. The molecule has 1 saturated heterocycles. The molecule has 30 heavy (non-hydrogen) atoms. The maximum Gasteiger partial charge on any atom is 0.410 e. The first-order valence-electron chi connectivity index (χ1n) is 11.3. The van der Waals surface area contributed by atoms with Gasteiger partial charge in [-0.25, -0.2) is 9.59 Å². The van der Waals surface area contributed by atoms with Gasteiger partial charge in [0, 0.05) is 13.1 Å². The molecule has 0 radical (unpaired) electrons. The van der Waals surface area contributed by atoms with Crippen molar-refractivity contribution in [2.45, 2.75) is 64.5 Å². The van der Waals surface area contributed by atoms with E-state index >= 15 is 0 Å². The standard InChI is InChI=1S/C22H34N2O6/c1-13(2)12-29-20(26)23-17-4-5-24(11-17)21(27)30-18-15-6-14-7-16(18)10-22(8-14,9-15)19(25)28-3/h13-18H,4-12H2,1-3H3,(H,23,26)/t14?,15-,16?,17?,18?,22?/m1/s1. The average molecular weight is 423 g/mol. The second kappa shape index (κ2) is 8.27. The van der Waals surface area contributed by atoms with E-state index in [0.29, 0.717) is 32.0 Å². The lowest BCUT2D eigenvalue weighted by Gasteiger charge is -2.57. The summed E-state index contributed by atoms with van der Waals surface area (Å²) in [5.41, 5.74) is -0.368. The number of likely N-dealkylation sites (tertiary alicyclic amines) is 1. The summed E-state index contributed by atoms with van der Waals surface area (Å²) in [6.45, 7) is 5.34. The summed E-state index contributed by atoms with van der Waals surface area (Å²) < 4.78 is 16.3. The van der Waals surface area contributed by atoms with Gasteiger partial charge in [0.05, 0.1) is 25.2 Å². The first kappa shape index (κ1) is 21.2. The van der Waals surface area contributed by atoms with Gasteiger partial charge in [-0.3, -0.25) is 4.79 Å². The van der Waals surface area contributed by atoms with Gasteiger partial charge in [0.2, 0.25) is 0 Å². The third-order valence-corrected chi connectivity index (χ3v) is 7.36. The molecule has 1 aliphatic heterocycles. The molecule has 5 rings (SSSR count). The van der Waals surface area contributed by atoms with E-state index in [1.165, 1.54) is 7.11 Å².